The molecule has 0 aliphatic rings. The molecule has 0 unspecified atom stereocenters. The molecule has 2 N–H and O–H groups in total. The fourth-order valence-corrected chi connectivity index (χ4v) is 3.98. The van der Waals surface area contributed by atoms with E-state index >= 15 is 0 Å². The molecule has 1 aromatic heterocycles. The molecule has 0 saturated heterocycles. The molecule has 3 aromatic carbocycles. The molecule has 4 nitrogen and oxygen atoms in total. The maximum absolute atomic E-state index is 10.9. The molecule has 0 bridgehead atoms. The number of ether oxygens (including phenoxy) is 1. The highest BCUT2D eigenvalue weighted by atomic mass is 35.5. The van der Waals surface area contributed by atoms with E-state index in [-0.39, 0.29) is 6.04 Å². The van der Waals surface area contributed by atoms with Crippen molar-refractivity contribution in [3.05, 3.63) is 101 Å². The van der Waals surface area contributed by atoms with Gasteiger partial charge in [0.05, 0.1) is 12.1 Å². The van der Waals surface area contributed by atoms with Crippen molar-refractivity contribution < 1.29 is 9.84 Å². The maximum atomic E-state index is 10.9. The normalized spacial score (nSPS) is 13.3. The van der Waals surface area contributed by atoms with Gasteiger partial charge in [-0.05, 0) is 42.9 Å². The van der Waals surface area contributed by atoms with Crippen molar-refractivity contribution >= 4 is 22.5 Å². The highest BCUT2D eigenvalue weighted by Crippen LogP contribution is 2.30. The second-order valence-electron chi connectivity index (χ2n) is 7.30. The molecule has 0 aliphatic carbocycles. The summed E-state index contributed by atoms with van der Waals surface area (Å²) in [5, 5.41) is 15.7. The van der Waals surface area contributed by atoms with Crippen LogP contribution in [0.3, 0.4) is 0 Å². The van der Waals surface area contributed by atoms with Gasteiger partial charge in [0, 0.05) is 34.2 Å². The summed E-state index contributed by atoms with van der Waals surface area (Å²) in [5.74, 6) is 0.784. The zero-order chi connectivity index (χ0) is 20.9. The summed E-state index contributed by atoms with van der Waals surface area (Å²) in [6.45, 7) is 0.914. The third kappa shape index (κ3) is 4.36. The average molecular weight is 421 g/mol. The topological polar surface area (TPSA) is 46.4 Å². The van der Waals surface area contributed by atoms with Crippen molar-refractivity contribution in [1.82, 2.24) is 9.88 Å². The van der Waals surface area contributed by atoms with Gasteiger partial charge in [0.1, 0.15) is 12.4 Å². The molecule has 0 radical (unpaired) electrons. The minimum Gasteiger partial charge on any atom is -0.489 e. The van der Waals surface area contributed by atoms with Crippen LogP contribution in [0.2, 0.25) is 5.02 Å². The third-order valence-electron chi connectivity index (χ3n) is 5.26. The number of nitrogens with zero attached hydrogens (tertiary/aromatic N) is 1. The van der Waals surface area contributed by atoms with Gasteiger partial charge in [-0.2, -0.15) is 0 Å². The van der Waals surface area contributed by atoms with Gasteiger partial charge >= 0.3 is 0 Å². The first-order chi connectivity index (χ1) is 14.7. The summed E-state index contributed by atoms with van der Waals surface area (Å²) in [6, 6.07) is 25.7. The predicted octanol–water partition coefficient (Wildman–Crippen LogP) is 5.04. The number of aromatic nitrogens is 1. The van der Waals surface area contributed by atoms with Crippen molar-refractivity contribution in [2.24, 2.45) is 0 Å². The van der Waals surface area contributed by atoms with E-state index in [1.807, 2.05) is 73.9 Å². The van der Waals surface area contributed by atoms with Gasteiger partial charge in [0.2, 0.25) is 0 Å². The van der Waals surface area contributed by atoms with E-state index in [0.29, 0.717) is 18.2 Å². The van der Waals surface area contributed by atoms with E-state index in [1.54, 1.807) is 0 Å². The van der Waals surface area contributed by atoms with E-state index in [9.17, 15) is 5.11 Å². The van der Waals surface area contributed by atoms with E-state index < -0.39 is 6.10 Å². The lowest BCUT2D eigenvalue weighted by molar-refractivity contribution is 0.132. The number of hydrogen-bond donors (Lipinski definition) is 2. The van der Waals surface area contributed by atoms with Crippen LogP contribution in [0.4, 0.5) is 0 Å². The fraction of sp³-hybridized carbons (Fsp3) is 0.200. The number of likely N-dealkylation sites (N-methyl/N-ethyl adjacent to an activating group) is 1. The average Bonchev–Trinajstić information content (AvgIpc) is 3.17. The quantitative estimate of drug-likeness (QED) is 0.419. The number of hydrogen-bond acceptors (Lipinski definition) is 3. The maximum Gasteiger partial charge on any atom is 0.120 e. The predicted molar refractivity (Wildman–Crippen MR) is 122 cm³/mol. The molecule has 0 aliphatic heterocycles. The van der Waals surface area contributed by atoms with E-state index in [2.05, 4.69) is 28.1 Å². The van der Waals surface area contributed by atoms with E-state index in [4.69, 9.17) is 16.3 Å². The summed E-state index contributed by atoms with van der Waals surface area (Å²) in [4.78, 5) is 0. The lowest BCUT2D eigenvalue weighted by atomic mass is 10.0. The van der Waals surface area contributed by atoms with Crippen molar-refractivity contribution in [3.63, 3.8) is 0 Å². The molecule has 30 heavy (non-hydrogen) atoms. The SMILES string of the molecule is CNC[C@@H](O)[C@H](c1ccccc1)n1ccc2cc(OCc3ccccc3Cl)ccc21. The number of nitrogens with one attached hydrogen (secondary N) is 1. The molecule has 0 spiro atoms. The van der Waals surface area contributed by atoms with Crippen molar-refractivity contribution in [3.8, 4) is 5.75 Å². The van der Waals surface area contributed by atoms with E-state index in [0.717, 1.165) is 27.8 Å². The Bertz CT molecular complexity index is 1110. The summed E-state index contributed by atoms with van der Waals surface area (Å²) in [5.41, 5.74) is 3.07. The van der Waals surface area contributed by atoms with Crippen LogP contribution >= 0.6 is 11.6 Å². The Morgan fingerprint density at radius 3 is 2.53 bits per heavy atom. The van der Waals surface area contributed by atoms with Crippen molar-refractivity contribution in [2.75, 3.05) is 13.6 Å². The van der Waals surface area contributed by atoms with Crippen LogP contribution in [-0.2, 0) is 6.61 Å². The van der Waals surface area contributed by atoms with Gasteiger partial charge in [-0.25, -0.2) is 0 Å². The first-order valence-corrected chi connectivity index (χ1v) is 10.4. The van der Waals surface area contributed by atoms with Crippen LogP contribution in [0.5, 0.6) is 5.75 Å². The zero-order valence-corrected chi connectivity index (χ0v) is 17.6. The van der Waals surface area contributed by atoms with Crippen LogP contribution in [0.1, 0.15) is 17.2 Å². The van der Waals surface area contributed by atoms with Crippen LogP contribution in [0.15, 0.2) is 85.1 Å². The summed E-state index contributed by atoms with van der Waals surface area (Å²) < 4.78 is 8.10. The standard InChI is InChI=1S/C25H25ClN2O2/c1-27-16-24(29)25(18-7-3-2-4-8-18)28-14-13-19-15-21(11-12-23(19)28)30-17-20-9-5-6-10-22(20)26/h2-15,24-25,27,29H,16-17H2,1H3/t24-,25+/m1/s1. The summed E-state index contributed by atoms with van der Waals surface area (Å²) >= 11 is 6.23. The summed E-state index contributed by atoms with van der Waals surface area (Å²) in [7, 11) is 1.85. The molecule has 154 valence electrons. The molecule has 2 atom stereocenters. The Hall–Kier alpha value is -2.79. The number of rotatable bonds is 8. The Kier molecular flexibility index (Phi) is 6.38. The van der Waals surface area contributed by atoms with Gasteiger partial charge < -0.3 is 19.7 Å². The Morgan fingerprint density at radius 1 is 1.00 bits per heavy atom. The van der Waals surface area contributed by atoms with Gasteiger partial charge in [-0.1, -0.05) is 60.1 Å². The lowest BCUT2D eigenvalue weighted by Gasteiger charge is -2.26. The first kappa shape index (κ1) is 20.5. The molecule has 4 rings (SSSR count). The van der Waals surface area contributed by atoms with Crippen molar-refractivity contribution in [2.45, 2.75) is 18.8 Å². The number of aliphatic hydroxyl groups is 1. The van der Waals surface area contributed by atoms with Crippen LogP contribution < -0.4 is 10.1 Å². The monoisotopic (exact) mass is 420 g/mol. The zero-order valence-electron chi connectivity index (χ0n) is 16.8. The third-order valence-corrected chi connectivity index (χ3v) is 5.63. The van der Waals surface area contributed by atoms with Gasteiger partial charge in [0.25, 0.3) is 0 Å². The largest absolute Gasteiger partial charge is 0.489 e. The van der Waals surface area contributed by atoms with Gasteiger partial charge in [-0.3, -0.25) is 0 Å². The lowest BCUT2D eigenvalue weighted by Crippen LogP contribution is -2.33. The Labute approximate surface area is 181 Å². The van der Waals surface area contributed by atoms with Crippen LogP contribution in [0, 0.1) is 0 Å². The van der Waals surface area contributed by atoms with Crippen LogP contribution in [0.25, 0.3) is 10.9 Å². The molecule has 1 heterocycles. The van der Waals surface area contributed by atoms with E-state index in [1.165, 1.54) is 0 Å². The fourth-order valence-electron chi connectivity index (χ4n) is 3.79. The molecule has 0 saturated carbocycles. The van der Waals surface area contributed by atoms with Gasteiger partial charge in [-0.15, -0.1) is 0 Å². The van der Waals surface area contributed by atoms with Crippen LogP contribution in [-0.4, -0.2) is 29.4 Å². The summed E-state index contributed by atoms with van der Waals surface area (Å²) in [6.07, 6.45) is 1.46. The first-order valence-electron chi connectivity index (χ1n) is 10.0. The molecular formula is C25H25ClN2O2. The number of benzene rings is 3. The minimum absolute atomic E-state index is 0.189. The Balaban J connectivity index is 1.62. The molecule has 0 amide bonds. The molecule has 0 fully saturated rings. The highest BCUT2D eigenvalue weighted by Gasteiger charge is 2.23. The molecule has 5 heteroatoms. The minimum atomic E-state index is -0.566. The second-order valence-corrected chi connectivity index (χ2v) is 7.71. The van der Waals surface area contributed by atoms with Gasteiger partial charge in [0.15, 0.2) is 0 Å². The highest BCUT2D eigenvalue weighted by molar-refractivity contribution is 6.31. The number of fused-ring (bicyclic) bond motifs is 1. The molecule has 4 aromatic rings. The number of aliphatic hydroxyl groups excluding tert-OH is 1. The Morgan fingerprint density at radius 2 is 1.77 bits per heavy atom. The second kappa shape index (κ2) is 9.35. The number of halogens is 1. The molecular weight excluding hydrogens is 396 g/mol. The van der Waals surface area contributed by atoms with Crippen molar-refractivity contribution in [1.29, 1.82) is 0 Å². The smallest absolute Gasteiger partial charge is 0.120 e.